The summed E-state index contributed by atoms with van der Waals surface area (Å²) in [5.74, 6) is -1.21. The summed E-state index contributed by atoms with van der Waals surface area (Å²) in [4.78, 5) is 27.1. The van der Waals surface area contributed by atoms with Gasteiger partial charge in [-0.1, -0.05) is 42.5 Å². The molecule has 1 heterocycles. The number of hydrogen-bond acceptors (Lipinski definition) is 4. The minimum absolute atomic E-state index is 0.0448. The van der Waals surface area contributed by atoms with Crippen LogP contribution < -0.4 is 15.8 Å². The molecular formula is C23H29N3O3. The first-order valence-electron chi connectivity index (χ1n) is 10.2. The third-order valence-electron chi connectivity index (χ3n) is 5.28. The maximum absolute atomic E-state index is 13.2. The fraction of sp³-hybridized carbons (Fsp3) is 0.391. The number of nitrogens with one attached hydrogen (secondary N) is 1. The number of likely N-dealkylation sites (N-methyl/N-ethyl adjacent to an activating group) is 1. The number of piperidine rings is 1. The molecule has 29 heavy (non-hydrogen) atoms. The number of primary amides is 1. The lowest BCUT2D eigenvalue weighted by Gasteiger charge is -2.36. The van der Waals surface area contributed by atoms with Crippen molar-refractivity contribution in [2.75, 3.05) is 13.1 Å². The van der Waals surface area contributed by atoms with Crippen molar-refractivity contribution in [1.29, 1.82) is 0 Å². The lowest BCUT2D eigenvalue weighted by molar-refractivity contribution is -0.140. The Hall–Kier alpha value is -2.86. The Morgan fingerprint density at radius 2 is 1.86 bits per heavy atom. The molecule has 0 spiro atoms. The Morgan fingerprint density at radius 1 is 1.14 bits per heavy atom. The van der Waals surface area contributed by atoms with Crippen LogP contribution in [0.25, 0.3) is 0 Å². The summed E-state index contributed by atoms with van der Waals surface area (Å²) in [6.45, 7) is 3.78. The van der Waals surface area contributed by atoms with E-state index in [-0.39, 0.29) is 12.1 Å². The van der Waals surface area contributed by atoms with Crippen LogP contribution in [0.5, 0.6) is 5.75 Å². The normalized spacial score (nSPS) is 17.3. The number of ether oxygens (including phenoxy) is 1. The Labute approximate surface area is 172 Å². The number of carbonyl (C=O) groups excluding carboxylic acids is 2. The number of amides is 2. The van der Waals surface area contributed by atoms with E-state index in [0.717, 1.165) is 31.4 Å². The van der Waals surface area contributed by atoms with Crippen molar-refractivity contribution < 1.29 is 14.3 Å². The van der Waals surface area contributed by atoms with E-state index < -0.39 is 11.8 Å². The van der Waals surface area contributed by atoms with E-state index in [2.05, 4.69) is 5.32 Å². The van der Waals surface area contributed by atoms with Crippen molar-refractivity contribution in [3.05, 3.63) is 65.7 Å². The first-order valence-corrected chi connectivity index (χ1v) is 10.2. The summed E-state index contributed by atoms with van der Waals surface area (Å²) >= 11 is 0. The van der Waals surface area contributed by atoms with Gasteiger partial charge in [0.05, 0.1) is 6.17 Å². The molecule has 2 aromatic carbocycles. The molecule has 1 fully saturated rings. The molecule has 3 rings (SSSR count). The Bertz CT molecular complexity index is 802. The second-order valence-electron chi connectivity index (χ2n) is 7.27. The van der Waals surface area contributed by atoms with Gasteiger partial charge in [0.25, 0.3) is 0 Å². The van der Waals surface area contributed by atoms with Crippen LogP contribution in [0.2, 0.25) is 0 Å². The molecule has 6 heteroatoms. The zero-order valence-electron chi connectivity index (χ0n) is 16.8. The molecule has 3 N–H and O–H groups in total. The molecule has 0 radical (unpaired) electrons. The summed E-state index contributed by atoms with van der Waals surface area (Å²) < 4.78 is 5.79. The van der Waals surface area contributed by atoms with Gasteiger partial charge in [0, 0.05) is 6.54 Å². The van der Waals surface area contributed by atoms with Crippen LogP contribution in [0.3, 0.4) is 0 Å². The van der Waals surface area contributed by atoms with Crippen molar-refractivity contribution in [1.82, 2.24) is 10.2 Å². The molecule has 1 aliphatic rings. The monoisotopic (exact) mass is 395 g/mol. The highest BCUT2D eigenvalue weighted by molar-refractivity contribution is 6.05. The van der Waals surface area contributed by atoms with Crippen LogP contribution in [0.15, 0.2) is 54.6 Å². The lowest BCUT2D eigenvalue weighted by atomic mass is 9.95. The SMILES string of the molecule is CCN(C(=O)C(C(N)=O)c1ccc(OCc2ccccc2)cc1)C1CCCCN1. The maximum Gasteiger partial charge on any atom is 0.240 e. The number of nitrogens with two attached hydrogens (primary N) is 1. The minimum Gasteiger partial charge on any atom is -0.489 e. The summed E-state index contributed by atoms with van der Waals surface area (Å²) in [6, 6.07) is 16.9. The zero-order valence-corrected chi connectivity index (χ0v) is 16.8. The van der Waals surface area contributed by atoms with E-state index in [0.29, 0.717) is 24.5 Å². The average molecular weight is 396 g/mol. The second-order valence-corrected chi connectivity index (χ2v) is 7.27. The summed E-state index contributed by atoms with van der Waals surface area (Å²) in [5, 5.41) is 3.37. The summed E-state index contributed by atoms with van der Waals surface area (Å²) in [6.07, 6.45) is 3.01. The van der Waals surface area contributed by atoms with E-state index in [4.69, 9.17) is 10.5 Å². The number of nitrogens with zero attached hydrogens (tertiary/aromatic N) is 1. The van der Waals surface area contributed by atoms with Gasteiger partial charge in [0.1, 0.15) is 18.3 Å². The largest absolute Gasteiger partial charge is 0.489 e. The van der Waals surface area contributed by atoms with E-state index in [1.165, 1.54) is 0 Å². The smallest absolute Gasteiger partial charge is 0.240 e. The second kappa shape index (κ2) is 10.1. The molecule has 154 valence electrons. The number of rotatable bonds is 8. The number of carbonyl (C=O) groups is 2. The Morgan fingerprint density at radius 3 is 2.45 bits per heavy atom. The molecular weight excluding hydrogens is 366 g/mol. The number of hydrogen-bond donors (Lipinski definition) is 2. The van der Waals surface area contributed by atoms with Crippen LogP contribution in [0.4, 0.5) is 0 Å². The fourth-order valence-electron chi connectivity index (χ4n) is 3.72. The predicted octanol–water partition coefficient (Wildman–Crippen LogP) is 2.78. The van der Waals surface area contributed by atoms with Crippen molar-refractivity contribution in [3.8, 4) is 5.75 Å². The first kappa shape index (κ1) is 20.9. The summed E-state index contributed by atoms with van der Waals surface area (Å²) in [5.41, 5.74) is 7.28. The Balaban J connectivity index is 1.70. The van der Waals surface area contributed by atoms with E-state index in [9.17, 15) is 9.59 Å². The molecule has 0 aliphatic carbocycles. The standard InChI is InChI=1S/C23H29N3O3/c1-2-26(20-10-6-7-15-25-20)23(28)21(22(24)27)18-11-13-19(14-12-18)29-16-17-8-4-3-5-9-17/h3-5,8-9,11-14,20-21,25H,2,6-7,10,15-16H2,1H3,(H2,24,27). The van der Waals surface area contributed by atoms with Gasteiger partial charge in [-0.2, -0.15) is 0 Å². The molecule has 1 aliphatic heterocycles. The molecule has 1 saturated heterocycles. The quantitative estimate of drug-likeness (QED) is 0.673. The highest BCUT2D eigenvalue weighted by atomic mass is 16.5. The van der Waals surface area contributed by atoms with E-state index >= 15 is 0 Å². The van der Waals surface area contributed by atoms with Gasteiger partial charge in [-0.15, -0.1) is 0 Å². The molecule has 2 unspecified atom stereocenters. The third-order valence-corrected chi connectivity index (χ3v) is 5.28. The van der Waals surface area contributed by atoms with Crippen LogP contribution >= 0.6 is 0 Å². The number of benzene rings is 2. The van der Waals surface area contributed by atoms with Gasteiger partial charge in [0.15, 0.2) is 0 Å². The predicted molar refractivity (Wildman–Crippen MR) is 112 cm³/mol. The zero-order chi connectivity index (χ0) is 20.6. The van der Waals surface area contributed by atoms with Crippen LogP contribution in [-0.2, 0) is 16.2 Å². The van der Waals surface area contributed by atoms with Crippen molar-refractivity contribution in [2.24, 2.45) is 5.73 Å². The van der Waals surface area contributed by atoms with Gasteiger partial charge in [-0.3, -0.25) is 14.9 Å². The van der Waals surface area contributed by atoms with E-state index in [1.807, 2.05) is 37.3 Å². The average Bonchev–Trinajstić information content (AvgIpc) is 2.75. The fourth-order valence-corrected chi connectivity index (χ4v) is 3.72. The highest BCUT2D eigenvalue weighted by Gasteiger charge is 2.33. The van der Waals surface area contributed by atoms with Gasteiger partial charge in [0.2, 0.25) is 11.8 Å². The molecule has 2 amide bonds. The van der Waals surface area contributed by atoms with Crippen molar-refractivity contribution in [2.45, 2.75) is 44.9 Å². The molecule has 6 nitrogen and oxygen atoms in total. The van der Waals surface area contributed by atoms with Crippen molar-refractivity contribution in [3.63, 3.8) is 0 Å². The van der Waals surface area contributed by atoms with Crippen LogP contribution in [0, 0.1) is 0 Å². The van der Waals surface area contributed by atoms with Crippen LogP contribution in [-0.4, -0.2) is 36.0 Å². The van der Waals surface area contributed by atoms with Crippen molar-refractivity contribution >= 4 is 11.8 Å². The molecule has 0 saturated carbocycles. The molecule has 2 atom stereocenters. The topological polar surface area (TPSA) is 84.7 Å². The van der Waals surface area contributed by atoms with Gasteiger partial charge < -0.3 is 15.4 Å². The molecule has 2 aromatic rings. The molecule has 0 bridgehead atoms. The highest BCUT2D eigenvalue weighted by Crippen LogP contribution is 2.24. The minimum atomic E-state index is -0.998. The van der Waals surface area contributed by atoms with Gasteiger partial charge in [-0.25, -0.2) is 0 Å². The Kier molecular flexibility index (Phi) is 7.25. The summed E-state index contributed by atoms with van der Waals surface area (Å²) in [7, 11) is 0. The van der Waals surface area contributed by atoms with Gasteiger partial charge >= 0.3 is 0 Å². The van der Waals surface area contributed by atoms with Gasteiger partial charge in [-0.05, 0) is 56.0 Å². The third kappa shape index (κ3) is 5.35. The molecule has 0 aromatic heterocycles. The first-order chi connectivity index (χ1) is 14.1. The lowest BCUT2D eigenvalue weighted by Crippen LogP contribution is -2.53. The maximum atomic E-state index is 13.2. The van der Waals surface area contributed by atoms with E-state index in [1.54, 1.807) is 29.2 Å². The van der Waals surface area contributed by atoms with Crippen LogP contribution in [0.1, 0.15) is 43.2 Å².